The summed E-state index contributed by atoms with van der Waals surface area (Å²) in [4.78, 5) is 10.3. The molecule has 0 bridgehead atoms. The fraction of sp³-hybridized carbons (Fsp3) is 0.955. The molecule has 0 N–H and O–H groups in total. The van der Waals surface area contributed by atoms with Crippen LogP contribution in [0, 0.1) is 0 Å². The Morgan fingerprint density at radius 2 is 1.19 bits per heavy atom. The lowest BCUT2D eigenvalue weighted by atomic mass is 10.1. The second-order valence-corrected chi connectivity index (χ2v) is 11.9. The van der Waals surface area contributed by atoms with Crippen LogP contribution in [0.3, 0.4) is 0 Å². The summed E-state index contributed by atoms with van der Waals surface area (Å²) in [6, 6.07) is 1.13. The summed E-state index contributed by atoms with van der Waals surface area (Å²) in [5.74, 6) is 0. The zero-order chi connectivity index (χ0) is 21.1. The second kappa shape index (κ2) is 19.5. The van der Waals surface area contributed by atoms with Gasteiger partial charge in [-0.15, -0.1) is 12.6 Å². The summed E-state index contributed by atoms with van der Waals surface area (Å²) in [5, 5.41) is 0.0245. The smallest absolute Gasteiger partial charge is 0.335 e. The highest BCUT2D eigenvalue weighted by atomic mass is 32.1. The Hall–Kier alpha value is 0.157. The molecule has 5 heteroatoms. The highest BCUT2D eigenvalue weighted by Crippen LogP contribution is 2.22. The van der Waals surface area contributed by atoms with Crippen molar-refractivity contribution >= 4 is 26.3 Å². The zero-order valence-electron chi connectivity index (χ0n) is 19.3. The van der Waals surface area contributed by atoms with Gasteiger partial charge in [0.2, 0.25) is 0 Å². The van der Waals surface area contributed by atoms with E-state index in [1.807, 2.05) is 0 Å². The molecule has 0 aliphatic rings. The number of rotatable bonds is 16. The van der Waals surface area contributed by atoms with E-state index in [0.717, 1.165) is 12.5 Å². The minimum Gasteiger partial charge on any atom is -0.392 e. The maximum Gasteiger partial charge on any atom is 0.335 e. The Kier molecular flexibility index (Phi) is 21.2. The van der Waals surface area contributed by atoms with Crippen LogP contribution in [0.25, 0.3) is 0 Å². The molecule has 0 fully saturated rings. The number of hydrogen-bond donors (Lipinski definition) is 1. The van der Waals surface area contributed by atoms with Gasteiger partial charge in [0.15, 0.2) is 5.12 Å². The molecule has 0 aliphatic heterocycles. The van der Waals surface area contributed by atoms with E-state index >= 15 is 0 Å². The summed E-state index contributed by atoms with van der Waals surface area (Å²) in [7, 11) is -1.94. The lowest BCUT2D eigenvalue weighted by Crippen LogP contribution is -2.42. The minimum absolute atomic E-state index is 0.0245. The zero-order valence-corrected chi connectivity index (χ0v) is 21.2. The predicted molar refractivity (Wildman–Crippen MR) is 125 cm³/mol. The van der Waals surface area contributed by atoms with Gasteiger partial charge < -0.3 is 8.85 Å². The normalized spacial score (nSPS) is 11.6. The van der Waals surface area contributed by atoms with E-state index in [9.17, 15) is 4.79 Å². The van der Waals surface area contributed by atoms with Crippen molar-refractivity contribution in [3.8, 4) is 0 Å². The van der Waals surface area contributed by atoms with Crippen LogP contribution in [0.4, 0.5) is 0 Å². The third-order valence-electron chi connectivity index (χ3n) is 4.20. The second-order valence-electron chi connectivity index (χ2n) is 8.19. The quantitative estimate of drug-likeness (QED) is 0.158. The first-order chi connectivity index (χ1) is 12.7. The molecule has 0 unspecified atom stereocenters. The number of carbonyl (C=O) groups is 1. The largest absolute Gasteiger partial charge is 0.392 e. The van der Waals surface area contributed by atoms with Gasteiger partial charge in [0.05, 0.1) is 0 Å². The summed E-state index contributed by atoms with van der Waals surface area (Å²) in [6.07, 6.45) is 13.8. The molecule has 0 saturated carbocycles. The van der Waals surface area contributed by atoms with E-state index in [0.29, 0.717) is 6.42 Å². The Bertz CT molecular complexity index is 326. The molecule has 0 heterocycles. The monoisotopic (exact) mass is 420 g/mol. The van der Waals surface area contributed by atoms with Gasteiger partial charge in [-0.1, -0.05) is 71.6 Å². The molecule has 0 rings (SSSR count). The third kappa shape index (κ3) is 24.1. The lowest BCUT2D eigenvalue weighted by molar-refractivity contribution is -0.110. The molecule has 0 amide bonds. The molecule has 0 atom stereocenters. The van der Waals surface area contributed by atoms with Crippen LogP contribution >= 0.6 is 12.6 Å². The van der Waals surface area contributed by atoms with Crippen molar-refractivity contribution in [2.45, 2.75) is 137 Å². The third-order valence-corrected chi connectivity index (χ3v) is 7.62. The van der Waals surface area contributed by atoms with Gasteiger partial charge in [0, 0.05) is 18.6 Å². The van der Waals surface area contributed by atoms with Crippen LogP contribution < -0.4 is 0 Å². The van der Waals surface area contributed by atoms with Crippen LogP contribution in [0.15, 0.2) is 0 Å². The Balaban J connectivity index is 0. The highest BCUT2D eigenvalue weighted by molar-refractivity contribution is 7.96. The SMILES string of the molecule is CCCCCCCC(=O)S.CCCCCCC[Si](C)(OC(C)C)OC(C)C. The van der Waals surface area contributed by atoms with Crippen LogP contribution in [-0.4, -0.2) is 25.9 Å². The Labute approximate surface area is 177 Å². The molecule has 0 spiro atoms. The van der Waals surface area contributed by atoms with Gasteiger partial charge in [-0.05, 0) is 46.7 Å². The lowest BCUT2D eigenvalue weighted by Gasteiger charge is -2.31. The fourth-order valence-corrected chi connectivity index (χ4v) is 6.41. The first kappa shape index (κ1) is 29.4. The molecule has 0 aliphatic carbocycles. The van der Waals surface area contributed by atoms with Crippen molar-refractivity contribution in [1.82, 2.24) is 0 Å². The molecule has 164 valence electrons. The summed E-state index contributed by atoms with van der Waals surface area (Å²) < 4.78 is 12.1. The maximum absolute atomic E-state index is 10.3. The number of hydrogen-bond acceptors (Lipinski definition) is 3. The van der Waals surface area contributed by atoms with Crippen molar-refractivity contribution in [1.29, 1.82) is 0 Å². The average Bonchev–Trinajstić information content (AvgIpc) is 2.53. The topological polar surface area (TPSA) is 35.5 Å². The van der Waals surface area contributed by atoms with E-state index in [-0.39, 0.29) is 17.3 Å². The van der Waals surface area contributed by atoms with Crippen LogP contribution in [0.2, 0.25) is 12.6 Å². The Morgan fingerprint density at radius 1 is 0.778 bits per heavy atom. The average molecular weight is 421 g/mol. The molecule has 0 aromatic heterocycles. The number of unbranched alkanes of at least 4 members (excludes halogenated alkanes) is 8. The summed E-state index contributed by atoms with van der Waals surface area (Å²) >= 11 is 3.68. The van der Waals surface area contributed by atoms with Crippen molar-refractivity contribution in [3.63, 3.8) is 0 Å². The molecular formula is C22H48O3SSi. The van der Waals surface area contributed by atoms with E-state index in [2.05, 4.69) is 60.7 Å². The van der Waals surface area contributed by atoms with E-state index in [1.54, 1.807) is 0 Å². The summed E-state index contributed by atoms with van der Waals surface area (Å²) in [5.41, 5.74) is 0. The van der Waals surface area contributed by atoms with E-state index in [1.165, 1.54) is 57.8 Å². The number of carbonyl (C=O) groups excluding carboxylic acids is 1. The van der Waals surface area contributed by atoms with Gasteiger partial charge in [-0.2, -0.15) is 0 Å². The molecule has 0 aromatic carbocycles. The first-order valence-corrected chi connectivity index (χ1v) is 14.2. The van der Waals surface area contributed by atoms with Gasteiger partial charge in [0.25, 0.3) is 0 Å². The molecular weight excluding hydrogens is 372 g/mol. The van der Waals surface area contributed by atoms with Gasteiger partial charge in [-0.25, -0.2) is 0 Å². The fourth-order valence-electron chi connectivity index (χ4n) is 3.07. The van der Waals surface area contributed by atoms with Crippen LogP contribution in [0.1, 0.15) is 112 Å². The van der Waals surface area contributed by atoms with Crippen molar-refractivity contribution in [2.24, 2.45) is 0 Å². The summed E-state index contributed by atoms with van der Waals surface area (Å²) in [6.45, 7) is 15.1. The Morgan fingerprint density at radius 3 is 1.56 bits per heavy atom. The number of thiol groups is 1. The molecule has 0 saturated heterocycles. The van der Waals surface area contributed by atoms with Crippen LogP contribution in [-0.2, 0) is 13.6 Å². The predicted octanol–water partition coefficient (Wildman–Crippen LogP) is 7.68. The van der Waals surface area contributed by atoms with E-state index < -0.39 is 8.56 Å². The standard InChI is InChI=1S/C14H32O2Si.C8H16OS/c1-7-8-9-10-11-12-17(6,15-13(2)3)16-14(4)5;1-2-3-4-5-6-7-8(9)10/h13-14H,7-12H2,1-6H3;2-7H2,1H3,(H,9,10). The van der Waals surface area contributed by atoms with Gasteiger partial charge in [0.1, 0.15) is 0 Å². The molecule has 0 aromatic rings. The molecule has 3 nitrogen and oxygen atoms in total. The van der Waals surface area contributed by atoms with Crippen molar-refractivity contribution < 1.29 is 13.6 Å². The van der Waals surface area contributed by atoms with Crippen molar-refractivity contribution in [2.75, 3.05) is 0 Å². The van der Waals surface area contributed by atoms with E-state index in [4.69, 9.17) is 8.85 Å². The van der Waals surface area contributed by atoms with Gasteiger partial charge in [-0.3, -0.25) is 4.79 Å². The van der Waals surface area contributed by atoms with Gasteiger partial charge >= 0.3 is 8.56 Å². The highest BCUT2D eigenvalue weighted by Gasteiger charge is 2.33. The van der Waals surface area contributed by atoms with Crippen LogP contribution in [0.5, 0.6) is 0 Å². The minimum atomic E-state index is -1.94. The molecule has 0 radical (unpaired) electrons. The molecule has 27 heavy (non-hydrogen) atoms. The first-order valence-electron chi connectivity index (χ1n) is 11.2. The van der Waals surface area contributed by atoms with Crippen molar-refractivity contribution in [3.05, 3.63) is 0 Å². The maximum atomic E-state index is 10.3.